The molecule has 33 heavy (non-hydrogen) atoms. The van der Waals surface area contributed by atoms with Crippen LogP contribution in [0, 0.1) is 0 Å². The summed E-state index contributed by atoms with van der Waals surface area (Å²) in [4.78, 5) is 29.3. The second-order valence-corrected chi connectivity index (χ2v) is 8.43. The number of hydrogen-bond acceptors (Lipinski definition) is 5. The molecule has 0 radical (unpaired) electrons. The van der Waals surface area contributed by atoms with Crippen LogP contribution >= 0.6 is 11.9 Å². The summed E-state index contributed by atoms with van der Waals surface area (Å²) in [6, 6.07) is 17.7. The maximum Gasteiger partial charge on any atom is 0.253 e. The third-order valence-corrected chi connectivity index (χ3v) is 6.08. The Morgan fingerprint density at radius 2 is 1.85 bits per heavy atom. The maximum atomic E-state index is 12.6. The second-order valence-electron chi connectivity index (χ2n) is 7.64. The summed E-state index contributed by atoms with van der Waals surface area (Å²) in [6.45, 7) is 1.90. The zero-order chi connectivity index (χ0) is 22.8. The van der Waals surface area contributed by atoms with E-state index in [0.29, 0.717) is 17.0 Å². The van der Waals surface area contributed by atoms with Gasteiger partial charge in [-0.05, 0) is 66.4 Å². The molecule has 7 nitrogen and oxygen atoms in total. The molecule has 5 aromatic rings. The summed E-state index contributed by atoms with van der Waals surface area (Å²) < 4.78 is 1.88. The van der Waals surface area contributed by atoms with Crippen molar-refractivity contribution >= 4 is 29.0 Å². The van der Waals surface area contributed by atoms with Crippen LogP contribution in [0.25, 0.3) is 33.5 Å². The van der Waals surface area contributed by atoms with E-state index in [0.717, 1.165) is 27.9 Å². The van der Waals surface area contributed by atoms with Crippen molar-refractivity contribution in [3.05, 3.63) is 90.8 Å². The van der Waals surface area contributed by atoms with Crippen LogP contribution in [-0.2, 0) is 0 Å². The first-order valence-corrected chi connectivity index (χ1v) is 11.7. The quantitative estimate of drug-likeness (QED) is 0.372. The van der Waals surface area contributed by atoms with E-state index in [1.165, 1.54) is 11.9 Å². The van der Waals surface area contributed by atoms with E-state index in [9.17, 15) is 4.79 Å². The molecule has 4 aromatic heterocycles. The van der Waals surface area contributed by atoms with E-state index in [4.69, 9.17) is 4.98 Å². The van der Waals surface area contributed by atoms with Gasteiger partial charge in [0.2, 0.25) is 0 Å². The Morgan fingerprint density at radius 1 is 1.03 bits per heavy atom. The number of carbonyl (C=O) groups excluding carboxylic acids is 1. The molecular weight excluding hydrogens is 432 g/mol. The number of fused-ring (bicyclic) bond motifs is 1. The van der Waals surface area contributed by atoms with Gasteiger partial charge in [0.25, 0.3) is 5.91 Å². The first-order valence-electron chi connectivity index (χ1n) is 10.5. The molecule has 0 bridgehead atoms. The predicted octanol–water partition coefficient (Wildman–Crippen LogP) is 5.11. The number of H-pyrrole nitrogens is 1. The molecule has 0 aliphatic rings. The van der Waals surface area contributed by atoms with Gasteiger partial charge in [-0.1, -0.05) is 18.2 Å². The van der Waals surface area contributed by atoms with Gasteiger partial charge in [0.15, 0.2) is 5.65 Å². The van der Waals surface area contributed by atoms with Gasteiger partial charge in [-0.2, -0.15) is 0 Å². The molecule has 0 fully saturated rings. The Labute approximate surface area is 195 Å². The molecule has 1 atom stereocenters. The standard InChI is InChI=1S/C25H22N6OS/c1-16(27-25(32)20-10-13-31(15-20)33-2)23-29-22-7-6-21(28-24(22)30-23)19-5-3-4-18(14-19)17-8-11-26-12-9-17/h3-16H,1-2H3,(H,27,32)(H,28,29,30). The van der Waals surface area contributed by atoms with Gasteiger partial charge in [0, 0.05) is 36.6 Å². The van der Waals surface area contributed by atoms with Crippen molar-refractivity contribution in [2.45, 2.75) is 13.0 Å². The van der Waals surface area contributed by atoms with Gasteiger partial charge in [0.1, 0.15) is 5.82 Å². The summed E-state index contributed by atoms with van der Waals surface area (Å²) in [5.74, 6) is 0.523. The second kappa shape index (κ2) is 8.91. The lowest BCUT2D eigenvalue weighted by atomic mass is 10.0. The monoisotopic (exact) mass is 454 g/mol. The number of nitrogens with zero attached hydrogens (tertiary/aromatic N) is 4. The van der Waals surface area contributed by atoms with Crippen LogP contribution in [0.4, 0.5) is 0 Å². The number of rotatable bonds is 6. The first kappa shape index (κ1) is 21.0. The number of nitrogens with one attached hydrogen (secondary N) is 2. The van der Waals surface area contributed by atoms with Crippen molar-refractivity contribution in [3.63, 3.8) is 0 Å². The van der Waals surface area contributed by atoms with Crippen molar-refractivity contribution in [2.24, 2.45) is 0 Å². The lowest BCUT2D eigenvalue weighted by Crippen LogP contribution is -2.27. The maximum absolute atomic E-state index is 12.6. The topological polar surface area (TPSA) is 88.5 Å². The Balaban J connectivity index is 1.38. The van der Waals surface area contributed by atoms with Gasteiger partial charge < -0.3 is 10.3 Å². The van der Waals surface area contributed by atoms with Crippen LogP contribution in [0.15, 0.2) is 79.4 Å². The molecule has 1 unspecified atom stereocenters. The highest BCUT2D eigenvalue weighted by Gasteiger charge is 2.16. The summed E-state index contributed by atoms with van der Waals surface area (Å²) in [6.07, 6.45) is 9.20. The average molecular weight is 455 g/mol. The molecule has 1 amide bonds. The number of amides is 1. The van der Waals surface area contributed by atoms with Crippen LogP contribution < -0.4 is 5.32 Å². The third-order valence-electron chi connectivity index (χ3n) is 5.43. The van der Waals surface area contributed by atoms with Crippen LogP contribution in [-0.4, -0.2) is 36.1 Å². The summed E-state index contributed by atoms with van der Waals surface area (Å²) in [5, 5.41) is 2.99. The average Bonchev–Trinajstić information content (AvgIpc) is 3.51. The van der Waals surface area contributed by atoms with Crippen molar-refractivity contribution in [2.75, 3.05) is 6.26 Å². The zero-order valence-corrected chi connectivity index (χ0v) is 19.0. The molecule has 0 spiro atoms. The summed E-state index contributed by atoms with van der Waals surface area (Å²) >= 11 is 1.53. The third kappa shape index (κ3) is 4.38. The van der Waals surface area contributed by atoms with E-state index in [1.807, 2.05) is 59.7 Å². The SMILES string of the molecule is CSn1ccc(C(=O)NC(C)c2nc3nc(-c4cccc(-c5ccncc5)c4)ccc3[nH]2)c1. The molecule has 5 rings (SSSR count). The highest BCUT2D eigenvalue weighted by molar-refractivity contribution is 7.97. The molecular formula is C25H22N6OS. The van der Waals surface area contributed by atoms with Gasteiger partial charge in [-0.25, -0.2) is 9.97 Å². The summed E-state index contributed by atoms with van der Waals surface area (Å²) in [5.41, 5.74) is 6.11. The van der Waals surface area contributed by atoms with E-state index in [1.54, 1.807) is 24.7 Å². The minimum absolute atomic E-state index is 0.141. The molecule has 2 N–H and O–H groups in total. The fourth-order valence-electron chi connectivity index (χ4n) is 3.65. The van der Waals surface area contributed by atoms with Crippen molar-refractivity contribution in [1.29, 1.82) is 0 Å². The van der Waals surface area contributed by atoms with Crippen molar-refractivity contribution in [1.82, 2.24) is 29.2 Å². The molecule has 0 saturated carbocycles. The normalized spacial score (nSPS) is 12.1. The lowest BCUT2D eigenvalue weighted by Gasteiger charge is -2.10. The lowest BCUT2D eigenvalue weighted by molar-refractivity contribution is 0.0938. The first-order chi connectivity index (χ1) is 16.1. The number of aromatic amines is 1. The van der Waals surface area contributed by atoms with E-state index in [2.05, 4.69) is 32.4 Å². The molecule has 1 aromatic carbocycles. The van der Waals surface area contributed by atoms with Gasteiger partial charge >= 0.3 is 0 Å². The van der Waals surface area contributed by atoms with E-state index in [-0.39, 0.29) is 11.9 Å². The number of imidazole rings is 1. The van der Waals surface area contributed by atoms with Crippen molar-refractivity contribution in [3.8, 4) is 22.4 Å². The number of benzene rings is 1. The van der Waals surface area contributed by atoms with Gasteiger partial charge in [0.05, 0.1) is 22.8 Å². The Morgan fingerprint density at radius 3 is 2.64 bits per heavy atom. The zero-order valence-electron chi connectivity index (χ0n) is 18.2. The highest BCUT2D eigenvalue weighted by Crippen LogP contribution is 2.26. The van der Waals surface area contributed by atoms with Gasteiger partial charge in [-0.3, -0.25) is 13.8 Å². The molecule has 0 aliphatic carbocycles. The molecule has 8 heteroatoms. The predicted molar refractivity (Wildman–Crippen MR) is 132 cm³/mol. The van der Waals surface area contributed by atoms with Gasteiger partial charge in [-0.15, -0.1) is 0 Å². The molecule has 164 valence electrons. The van der Waals surface area contributed by atoms with E-state index < -0.39 is 0 Å². The van der Waals surface area contributed by atoms with Crippen LogP contribution in [0.3, 0.4) is 0 Å². The fraction of sp³-hybridized carbons (Fsp3) is 0.120. The largest absolute Gasteiger partial charge is 0.342 e. The molecule has 0 aliphatic heterocycles. The Kier molecular flexibility index (Phi) is 5.66. The minimum Gasteiger partial charge on any atom is -0.342 e. The smallest absolute Gasteiger partial charge is 0.253 e. The van der Waals surface area contributed by atoms with Crippen LogP contribution in [0.1, 0.15) is 29.1 Å². The van der Waals surface area contributed by atoms with Crippen LogP contribution in [0.2, 0.25) is 0 Å². The molecule has 0 saturated heterocycles. The number of hydrogen-bond donors (Lipinski definition) is 2. The number of aromatic nitrogens is 5. The minimum atomic E-state index is -0.289. The molecule has 4 heterocycles. The number of pyridine rings is 2. The van der Waals surface area contributed by atoms with Crippen LogP contribution in [0.5, 0.6) is 0 Å². The van der Waals surface area contributed by atoms with E-state index >= 15 is 0 Å². The number of carbonyl (C=O) groups is 1. The van der Waals surface area contributed by atoms with Crippen molar-refractivity contribution < 1.29 is 4.79 Å². The highest BCUT2D eigenvalue weighted by atomic mass is 32.2. The Bertz CT molecular complexity index is 1430. The Hall–Kier alpha value is -3.91. The summed E-state index contributed by atoms with van der Waals surface area (Å²) in [7, 11) is 0. The fourth-order valence-corrected chi connectivity index (χ4v) is 4.05.